The molecule has 1 saturated heterocycles. The van der Waals surface area contributed by atoms with Gasteiger partial charge < -0.3 is 15.5 Å². The number of hydrogen-bond donors (Lipinski definition) is 2. The number of carbonyl (C=O) groups is 1. The van der Waals surface area contributed by atoms with E-state index < -0.39 is 0 Å². The molecular formula is C18H27N3OS. The van der Waals surface area contributed by atoms with Gasteiger partial charge in [-0.3, -0.25) is 0 Å². The van der Waals surface area contributed by atoms with E-state index in [1.54, 1.807) is 0 Å². The first-order chi connectivity index (χ1) is 11.2. The third-order valence-electron chi connectivity index (χ3n) is 4.69. The van der Waals surface area contributed by atoms with Gasteiger partial charge in [-0.05, 0) is 51.4 Å². The molecule has 3 rings (SSSR count). The minimum absolute atomic E-state index is 0.0789. The van der Waals surface area contributed by atoms with Crippen LogP contribution >= 0.6 is 11.8 Å². The van der Waals surface area contributed by atoms with Gasteiger partial charge in [0.05, 0.1) is 5.69 Å². The lowest BCUT2D eigenvalue weighted by Gasteiger charge is -2.30. The fourth-order valence-corrected chi connectivity index (χ4v) is 4.82. The van der Waals surface area contributed by atoms with Crippen LogP contribution in [0.15, 0.2) is 29.2 Å². The van der Waals surface area contributed by atoms with E-state index >= 15 is 0 Å². The SMILES string of the molecule is CN1CCC[C@H](NC(=O)Nc2ccccc2SC2CCCC2)C1. The average molecular weight is 334 g/mol. The predicted molar refractivity (Wildman–Crippen MR) is 97.2 cm³/mol. The Morgan fingerprint density at radius 3 is 2.74 bits per heavy atom. The lowest BCUT2D eigenvalue weighted by molar-refractivity contribution is 0.216. The number of amides is 2. The largest absolute Gasteiger partial charge is 0.334 e. The Bertz CT molecular complexity index is 531. The van der Waals surface area contributed by atoms with Crippen LogP contribution in [-0.2, 0) is 0 Å². The molecule has 0 aromatic heterocycles. The van der Waals surface area contributed by atoms with Crippen LogP contribution in [-0.4, -0.2) is 42.4 Å². The monoisotopic (exact) mass is 333 g/mol. The molecule has 2 fully saturated rings. The summed E-state index contributed by atoms with van der Waals surface area (Å²) in [7, 11) is 2.11. The van der Waals surface area contributed by atoms with Gasteiger partial charge in [0.25, 0.3) is 0 Å². The number of nitrogens with one attached hydrogen (secondary N) is 2. The molecular weight excluding hydrogens is 306 g/mol. The third-order valence-corrected chi connectivity index (χ3v) is 6.11. The van der Waals surface area contributed by atoms with Crippen LogP contribution in [0.25, 0.3) is 0 Å². The molecule has 5 heteroatoms. The van der Waals surface area contributed by atoms with Crippen LogP contribution in [0.4, 0.5) is 10.5 Å². The molecule has 1 aliphatic heterocycles. The molecule has 4 nitrogen and oxygen atoms in total. The van der Waals surface area contributed by atoms with Gasteiger partial charge in [0.1, 0.15) is 0 Å². The number of benzene rings is 1. The van der Waals surface area contributed by atoms with E-state index in [0.29, 0.717) is 5.25 Å². The van der Waals surface area contributed by atoms with Gasteiger partial charge in [-0.1, -0.05) is 25.0 Å². The lowest BCUT2D eigenvalue weighted by Crippen LogP contribution is -2.47. The zero-order valence-corrected chi connectivity index (χ0v) is 14.7. The van der Waals surface area contributed by atoms with E-state index in [4.69, 9.17) is 0 Å². The van der Waals surface area contributed by atoms with Crippen LogP contribution < -0.4 is 10.6 Å². The zero-order chi connectivity index (χ0) is 16.1. The third kappa shape index (κ3) is 4.88. The van der Waals surface area contributed by atoms with Crippen LogP contribution in [0.2, 0.25) is 0 Å². The van der Waals surface area contributed by atoms with Crippen LogP contribution in [0.5, 0.6) is 0 Å². The molecule has 23 heavy (non-hydrogen) atoms. The molecule has 2 N–H and O–H groups in total. The molecule has 1 aromatic carbocycles. The van der Waals surface area contributed by atoms with Crippen molar-refractivity contribution in [2.45, 2.75) is 54.7 Å². The fraction of sp³-hybridized carbons (Fsp3) is 0.611. The molecule has 0 radical (unpaired) electrons. The summed E-state index contributed by atoms with van der Waals surface area (Å²) in [5.74, 6) is 0. The van der Waals surface area contributed by atoms with E-state index in [0.717, 1.165) is 31.6 Å². The Morgan fingerprint density at radius 2 is 1.96 bits per heavy atom. The van der Waals surface area contributed by atoms with Gasteiger partial charge in [-0.25, -0.2) is 4.79 Å². The molecule has 0 spiro atoms. The second-order valence-corrected chi connectivity index (χ2v) is 8.06. The Morgan fingerprint density at radius 1 is 1.17 bits per heavy atom. The highest BCUT2D eigenvalue weighted by molar-refractivity contribution is 8.00. The highest BCUT2D eigenvalue weighted by atomic mass is 32.2. The second-order valence-electron chi connectivity index (χ2n) is 6.72. The van der Waals surface area contributed by atoms with Crippen molar-refractivity contribution in [1.29, 1.82) is 0 Å². The number of likely N-dealkylation sites (N-methyl/N-ethyl adjacent to an activating group) is 1. The number of hydrogen-bond acceptors (Lipinski definition) is 3. The van der Waals surface area contributed by atoms with Crippen LogP contribution in [0, 0.1) is 0 Å². The fourth-order valence-electron chi connectivity index (χ4n) is 3.49. The lowest BCUT2D eigenvalue weighted by atomic mass is 10.1. The van der Waals surface area contributed by atoms with Crippen molar-refractivity contribution in [2.24, 2.45) is 0 Å². The van der Waals surface area contributed by atoms with Crippen molar-refractivity contribution in [3.63, 3.8) is 0 Å². The van der Waals surface area contributed by atoms with Gasteiger partial charge in [-0.2, -0.15) is 0 Å². The molecule has 1 heterocycles. The van der Waals surface area contributed by atoms with Crippen LogP contribution in [0.3, 0.4) is 0 Å². The van der Waals surface area contributed by atoms with Gasteiger partial charge in [0.15, 0.2) is 0 Å². The minimum atomic E-state index is -0.0789. The number of likely N-dealkylation sites (tertiary alicyclic amines) is 1. The van der Waals surface area contributed by atoms with E-state index in [-0.39, 0.29) is 12.1 Å². The molecule has 2 aliphatic rings. The zero-order valence-electron chi connectivity index (χ0n) is 13.9. The quantitative estimate of drug-likeness (QED) is 0.877. The predicted octanol–water partition coefficient (Wildman–Crippen LogP) is 3.94. The average Bonchev–Trinajstić information content (AvgIpc) is 3.02. The number of thioether (sulfide) groups is 1. The summed E-state index contributed by atoms with van der Waals surface area (Å²) in [6.07, 6.45) is 7.47. The maximum atomic E-state index is 12.3. The summed E-state index contributed by atoms with van der Waals surface area (Å²) in [6.45, 7) is 2.06. The maximum absolute atomic E-state index is 12.3. The normalized spacial score (nSPS) is 22.9. The summed E-state index contributed by atoms with van der Waals surface area (Å²) >= 11 is 1.92. The van der Waals surface area contributed by atoms with Crippen molar-refractivity contribution in [3.05, 3.63) is 24.3 Å². The van der Waals surface area contributed by atoms with Crippen molar-refractivity contribution in [2.75, 3.05) is 25.5 Å². The van der Waals surface area contributed by atoms with Gasteiger partial charge in [0, 0.05) is 22.7 Å². The topological polar surface area (TPSA) is 44.4 Å². The molecule has 1 aromatic rings. The van der Waals surface area contributed by atoms with Crippen molar-refractivity contribution < 1.29 is 4.79 Å². The summed E-state index contributed by atoms with van der Waals surface area (Å²) in [6, 6.07) is 8.34. The number of anilines is 1. The number of para-hydroxylation sites is 1. The highest BCUT2D eigenvalue weighted by Crippen LogP contribution is 2.37. The Balaban J connectivity index is 1.57. The Hall–Kier alpha value is -1.20. The number of rotatable bonds is 4. The van der Waals surface area contributed by atoms with E-state index in [1.165, 1.54) is 30.6 Å². The minimum Gasteiger partial charge on any atom is -0.334 e. The van der Waals surface area contributed by atoms with Crippen molar-refractivity contribution >= 4 is 23.5 Å². The van der Waals surface area contributed by atoms with E-state index in [1.807, 2.05) is 23.9 Å². The summed E-state index contributed by atoms with van der Waals surface area (Å²) in [5.41, 5.74) is 0.936. The molecule has 0 bridgehead atoms. The Kier molecular flexibility index (Phi) is 5.84. The molecule has 1 saturated carbocycles. The summed E-state index contributed by atoms with van der Waals surface area (Å²) in [4.78, 5) is 15.8. The summed E-state index contributed by atoms with van der Waals surface area (Å²) in [5, 5.41) is 6.88. The first kappa shape index (κ1) is 16.7. The van der Waals surface area contributed by atoms with Crippen molar-refractivity contribution in [1.82, 2.24) is 10.2 Å². The maximum Gasteiger partial charge on any atom is 0.319 e. The first-order valence-electron chi connectivity index (χ1n) is 8.72. The second kappa shape index (κ2) is 8.06. The van der Waals surface area contributed by atoms with E-state index in [9.17, 15) is 4.79 Å². The van der Waals surface area contributed by atoms with Crippen molar-refractivity contribution in [3.8, 4) is 0 Å². The van der Waals surface area contributed by atoms with Gasteiger partial charge >= 0.3 is 6.03 Å². The smallest absolute Gasteiger partial charge is 0.319 e. The van der Waals surface area contributed by atoms with Gasteiger partial charge in [-0.15, -0.1) is 11.8 Å². The standard InChI is InChI=1S/C18H27N3OS/c1-21-12-6-7-14(13-21)19-18(22)20-16-10-4-5-11-17(16)23-15-8-2-3-9-15/h4-5,10-11,14-15H,2-3,6-9,12-13H2,1H3,(H2,19,20,22)/t14-/m0/s1. The van der Waals surface area contributed by atoms with E-state index in [2.05, 4.69) is 34.7 Å². The summed E-state index contributed by atoms with van der Waals surface area (Å²) < 4.78 is 0. The molecule has 126 valence electrons. The number of nitrogens with zero attached hydrogens (tertiary/aromatic N) is 1. The van der Waals surface area contributed by atoms with Crippen LogP contribution in [0.1, 0.15) is 38.5 Å². The molecule has 1 atom stereocenters. The number of carbonyl (C=O) groups excluding carboxylic acids is 1. The molecule has 2 amide bonds. The first-order valence-corrected chi connectivity index (χ1v) is 9.60. The number of piperidine rings is 1. The Labute approximate surface area is 143 Å². The van der Waals surface area contributed by atoms with Gasteiger partial charge in [0.2, 0.25) is 0 Å². The molecule has 0 unspecified atom stereocenters. The molecule has 1 aliphatic carbocycles. The number of urea groups is 1. The highest BCUT2D eigenvalue weighted by Gasteiger charge is 2.20.